The Morgan fingerprint density at radius 3 is 2.60 bits per heavy atom. The van der Waals surface area contributed by atoms with E-state index in [-0.39, 0.29) is 12.6 Å². The molecule has 1 aromatic rings. The first-order chi connectivity index (χ1) is 7.11. The lowest BCUT2D eigenvalue weighted by Crippen LogP contribution is -2.27. The number of amides is 1. The second-order valence-corrected chi connectivity index (χ2v) is 3.10. The number of nitrogens with one attached hydrogen (secondary N) is 1. The number of hydrogen-bond donors (Lipinski definition) is 1. The van der Waals surface area contributed by atoms with E-state index in [0.717, 1.165) is 5.56 Å². The van der Waals surface area contributed by atoms with Gasteiger partial charge in [-0.3, -0.25) is 9.59 Å². The summed E-state index contributed by atoms with van der Waals surface area (Å²) in [6.45, 7) is 3.04. The lowest BCUT2D eigenvalue weighted by atomic mass is 10.1. The van der Waals surface area contributed by atoms with Gasteiger partial charge in [0.15, 0.2) is 6.73 Å². The molecular weight excluding hydrogens is 194 g/mol. The molecule has 0 atom stereocenters. The summed E-state index contributed by atoms with van der Waals surface area (Å²) in [6, 6.07) is 7.21. The molecule has 0 aliphatic heterocycles. The number of ether oxygens (including phenoxy) is 1. The third-order valence-corrected chi connectivity index (χ3v) is 1.90. The molecule has 0 heterocycles. The Bertz CT molecular complexity index is 374. The number of carbonyl (C=O) groups is 2. The number of benzene rings is 1. The van der Waals surface area contributed by atoms with Crippen LogP contribution in [0.15, 0.2) is 24.3 Å². The molecule has 0 bridgehead atoms. The van der Waals surface area contributed by atoms with Gasteiger partial charge in [-0.25, -0.2) is 0 Å². The molecule has 0 saturated carbocycles. The zero-order chi connectivity index (χ0) is 11.3. The van der Waals surface area contributed by atoms with Crippen molar-refractivity contribution in [1.82, 2.24) is 5.32 Å². The van der Waals surface area contributed by atoms with Crippen molar-refractivity contribution in [2.75, 3.05) is 6.73 Å². The summed E-state index contributed by atoms with van der Waals surface area (Å²) in [5, 5.41) is 2.49. The summed E-state index contributed by atoms with van der Waals surface area (Å²) in [5.74, 6) is -0.658. The fourth-order valence-electron chi connectivity index (χ4n) is 1.13. The Labute approximate surface area is 88.2 Å². The molecule has 0 aromatic heterocycles. The van der Waals surface area contributed by atoms with Gasteiger partial charge in [0.2, 0.25) is 0 Å². The highest BCUT2D eigenvalue weighted by Gasteiger charge is 2.07. The monoisotopic (exact) mass is 207 g/mol. The van der Waals surface area contributed by atoms with E-state index in [1.165, 1.54) is 6.92 Å². The maximum atomic E-state index is 11.5. The van der Waals surface area contributed by atoms with Crippen LogP contribution in [-0.4, -0.2) is 18.6 Å². The van der Waals surface area contributed by atoms with Crippen molar-refractivity contribution in [3.63, 3.8) is 0 Å². The standard InChI is InChI=1S/C11H13NO3/c1-8-5-3-4-6-10(8)11(14)12-7-15-9(2)13/h3-6H,7H2,1-2H3,(H,12,14). The molecule has 1 aromatic carbocycles. The van der Waals surface area contributed by atoms with Crippen LogP contribution in [0.2, 0.25) is 0 Å². The predicted octanol–water partition coefficient (Wildman–Crippen LogP) is 1.25. The van der Waals surface area contributed by atoms with E-state index in [0.29, 0.717) is 5.56 Å². The lowest BCUT2D eigenvalue weighted by molar-refractivity contribution is -0.141. The van der Waals surface area contributed by atoms with Crippen LogP contribution >= 0.6 is 0 Å². The summed E-state index contributed by atoms with van der Waals surface area (Å²) in [4.78, 5) is 22.0. The average molecular weight is 207 g/mol. The topological polar surface area (TPSA) is 55.4 Å². The molecule has 80 valence electrons. The largest absolute Gasteiger partial charge is 0.445 e. The van der Waals surface area contributed by atoms with Crippen LogP contribution in [0.3, 0.4) is 0 Å². The van der Waals surface area contributed by atoms with Gasteiger partial charge in [-0.2, -0.15) is 0 Å². The van der Waals surface area contributed by atoms with Crippen LogP contribution < -0.4 is 5.32 Å². The molecule has 0 unspecified atom stereocenters. The molecule has 4 nitrogen and oxygen atoms in total. The van der Waals surface area contributed by atoms with Gasteiger partial charge >= 0.3 is 5.97 Å². The Morgan fingerprint density at radius 2 is 2.00 bits per heavy atom. The first kappa shape index (κ1) is 11.2. The molecule has 0 aliphatic rings. The van der Waals surface area contributed by atoms with Gasteiger partial charge < -0.3 is 10.1 Å². The quantitative estimate of drug-likeness (QED) is 0.599. The predicted molar refractivity (Wildman–Crippen MR) is 55.3 cm³/mol. The highest BCUT2D eigenvalue weighted by Crippen LogP contribution is 2.05. The van der Waals surface area contributed by atoms with Crippen molar-refractivity contribution in [2.24, 2.45) is 0 Å². The number of esters is 1. The van der Waals surface area contributed by atoms with Gasteiger partial charge in [0, 0.05) is 12.5 Å². The maximum absolute atomic E-state index is 11.5. The fourth-order valence-corrected chi connectivity index (χ4v) is 1.13. The summed E-state index contributed by atoms with van der Waals surface area (Å²) in [5.41, 5.74) is 1.47. The van der Waals surface area contributed by atoms with Gasteiger partial charge in [0.05, 0.1) is 0 Å². The molecular formula is C11H13NO3. The third kappa shape index (κ3) is 3.42. The first-order valence-electron chi connectivity index (χ1n) is 4.58. The average Bonchev–Trinajstić information content (AvgIpc) is 2.17. The van der Waals surface area contributed by atoms with Crippen molar-refractivity contribution in [3.8, 4) is 0 Å². The van der Waals surface area contributed by atoms with Gasteiger partial charge in [-0.1, -0.05) is 18.2 Å². The molecule has 0 spiro atoms. The smallest absolute Gasteiger partial charge is 0.304 e. The molecule has 15 heavy (non-hydrogen) atoms. The highest BCUT2D eigenvalue weighted by molar-refractivity contribution is 5.95. The van der Waals surface area contributed by atoms with E-state index in [1.807, 2.05) is 19.1 Å². The molecule has 0 radical (unpaired) electrons. The molecule has 4 heteroatoms. The maximum Gasteiger partial charge on any atom is 0.304 e. The summed E-state index contributed by atoms with van der Waals surface area (Å²) >= 11 is 0. The van der Waals surface area contributed by atoms with E-state index < -0.39 is 5.97 Å². The molecule has 1 amide bonds. The van der Waals surface area contributed by atoms with Gasteiger partial charge in [0.1, 0.15) is 0 Å². The van der Waals surface area contributed by atoms with E-state index in [2.05, 4.69) is 10.1 Å². The van der Waals surface area contributed by atoms with Crippen molar-refractivity contribution in [1.29, 1.82) is 0 Å². The molecule has 0 fully saturated rings. The highest BCUT2D eigenvalue weighted by atomic mass is 16.5. The van der Waals surface area contributed by atoms with Gasteiger partial charge in [0.25, 0.3) is 5.91 Å². The second-order valence-electron chi connectivity index (χ2n) is 3.10. The zero-order valence-corrected chi connectivity index (χ0v) is 8.74. The van der Waals surface area contributed by atoms with Crippen LogP contribution in [-0.2, 0) is 9.53 Å². The van der Waals surface area contributed by atoms with Crippen LogP contribution in [0.1, 0.15) is 22.8 Å². The van der Waals surface area contributed by atoms with E-state index in [4.69, 9.17) is 0 Å². The zero-order valence-electron chi connectivity index (χ0n) is 8.74. The van der Waals surface area contributed by atoms with Crippen LogP contribution in [0.5, 0.6) is 0 Å². The Hall–Kier alpha value is -1.84. The van der Waals surface area contributed by atoms with Crippen molar-refractivity contribution in [3.05, 3.63) is 35.4 Å². The Balaban J connectivity index is 2.54. The molecule has 1 rings (SSSR count). The van der Waals surface area contributed by atoms with E-state index in [1.54, 1.807) is 12.1 Å². The number of carbonyl (C=O) groups excluding carboxylic acids is 2. The molecule has 0 saturated heterocycles. The Morgan fingerprint density at radius 1 is 1.33 bits per heavy atom. The van der Waals surface area contributed by atoms with Crippen molar-refractivity contribution < 1.29 is 14.3 Å². The van der Waals surface area contributed by atoms with Crippen molar-refractivity contribution in [2.45, 2.75) is 13.8 Å². The first-order valence-corrected chi connectivity index (χ1v) is 4.58. The minimum Gasteiger partial charge on any atom is -0.445 e. The Kier molecular flexibility index (Phi) is 3.85. The van der Waals surface area contributed by atoms with Crippen LogP contribution in [0.4, 0.5) is 0 Å². The van der Waals surface area contributed by atoms with E-state index in [9.17, 15) is 9.59 Å². The summed E-state index contributed by atoms with van der Waals surface area (Å²) in [7, 11) is 0. The van der Waals surface area contributed by atoms with Crippen LogP contribution in [0.25, 0.3) is 0 Å². The van der Waals surface area contributed by atoms with Crippen molar-refractivity contribution >= 4 is 11.9 Å². The summed E-state index contributed by atoms with van der Waals surface area (Å²) in [6.07, 6.45) is 0. The van der Waals surface area contributed by atoms with Gasteiger partial charge in [-0.15, -0.1) is 0 Å². The molecule has 1 N–H and O–H groups in total. The number of rotatable bonds is 3. The minimum absolute atomic E-state index is 0.0947. The van der Waals surface area contributed by atoms with Crippen LogP contribution in [0, 0.1) is 6.92 Å². The number of hydrogen-bond acceptors (Lipinski definition) is 3. The number of aryl methyl sites for hydroxylation is 1. The third-order valence-electron chi connectivity index (χ3n) is 1.90. The SMILES string of the molecule is CC(=O)OCNC(=O)c1ccccc1C. The second kappa shape index (κ2) is 5.14. The van der Waals surface area contributed by atoms with Gasteiger partial charge in [-0.05, 0) is 18.6 Å². The minimum atomic E-state index is -0.417. The normalized spacial score (nSPS) is 9.47. The fraction of sp³-hybridized carbons (Fsp3) is 0.273. The van der Waals surface area contributed by atoms with E-state index >= 15 is 0 Å². The summed E-state index contributed by atoms with van der Waals surface area (Å²) < 4.78 is 4.60. The lowest BCUT2D eigenvalue weighted by Gasteiger charge is -2.06. The molecule has 0 aliphatic carbocycles.